The summed E-state index contributed by atoms with van der Waals surface area (Å²) in [6.07, 6.45) is 5.32. The van der Waals surface area contributed by atoms with Crippen molar-refractivity contribution in [1.29, 1.82) is 0 Å². The molecule has 1 saturated heterocycles. The van der Waals surface area contributed by atoms with Crippen molar-refractivity contribution in [1.82, 2.24) is 10.2 Å². The van der Waals surface area contributed by atoms with Gasteiger partial charge < -0.3 is 5.32 Å². The number of benzene rings is 1. The minimum absolute atomic E-state index is 1.06. The Kier molecular flexibility index (Phi) is 5.69. The van der Waals surface area contributed by atoms with Crippen LogP contribution < -0.4 is 5.32 Å². The molecular weight excluding hydrogens is 220 g/mol. The van der Waals surface area contributed by atoms with Crippen molar-refractivity contribution in [3.8, 4) is 0 Å². The quantitative estimate of drug-likeness (QED) is 0.777. The van der Waals surface area contributed by atoms with Crippen molar-refractivity contribution >= 4 is 0 Å². The molecule has 0 spiro atoms. The molecule has 0 radical (unpaired) electrons. The molecule has 1 aromatic carbocycles. The molecule has 2 heteroatoms. The maximum atomic E-state index is 3.41. The van der Waals surface area contributed by atoms with E-state index in [0.717, 1.165) is 26.1 Å². The van der Waals surface area contributed by atoms with Gasteiger partial charge in [-0.15, -0.1) is 0 Å². The van der Waals surface area contributed by atoms with Crippen LogP contribution in [0, 0.1) is 0 Å². The normalized spacial score (nSPS) is 16.9. The van der Waals surface area contributed by atoms with Gasteiger partial charge in [-0.2, -0.15) is 0 Å². The molecule has 1 aliphatic rings. The molecule has 18 heavy (non-hydrogen) atoms. The zero-order valence-electron chi connectivity index (χ0n) is 11.6. The fraction of sp³-hybridized carbons (Fsp3) is 0.625. The Morgan fingerprint density at radius 1 is 1.06 bits per heavy atom. The molecule has 0 aliphatic carbocycles. The van der Waals surface area contributed by atoms with E-state index in [1.54, 1.807) is 0 Å². The van der Waals surface area contributed by atoms with Crippen molar-refractivity contribution in [2.24, 2.45) is 0 Å². The van der Waals surface area contributed by atoms with Crippen LogP contribution in [0.3, 0.4) is 0 Å². The third-order valence-corrected chi connectivity index (χ3v) is 3.78. The minimum atomic E-state index is 1.06. The largest absolute Gasteiger partial charge is 0.317 e. The lowest BCUT2D eigenvalue weighted by Crippen LogP contribution is -2.29. The molecule has 1 aliphatic heterocycles. The molecule has 0 saturated carbocycles. The van der Waals surface area contributed by atoms with Gasteiger partial charge in [-0.05, 0) is 56.6 Å². The Labute approximate surface area is 111 Å². The Morgan fingerprint density at radius 3 is 2.50 bits per heavy atom. The Morgan fingerprint density at radius 2 is 1.78 bits per heavy atom. The van der Waals surface area contributed by atoms with E-state index in [4.69, 9.17) is 0 Å². The molecule has 1 fully saturated rings. The SMILES string of the molecule is CCNCCc1ccccc1CN1CCCCC1. The maximum Gasteiger partial charge on any atom is 0.0236 e. The molecule has 1 heterocycles. The first kappa shape index (κ1) is 13.6. The third-order valence-electron chi connectivity index (χ3n) is 3.78. The predicted molar refractivity (Wildman–Crippen MR) is 77.8 cm³/mol. The smallest absolute Gasteiger partial charge is 0.0236 e. The Balaban J connectivity index is 1.93. The van der Waals surface area contributed by atoms with Gasteiger partial charge in [0.05, 0.1) is 0 Å². The molecular formula is C16H26N2. The van der Waals surface area contributed by atoms with Crippen LogP contribution >= 0.6 is 0 Å². The molecule has 0 atom stereocenters. The summed E-state index contributed by atoms with van der Waals surface area (Å²) in [5.74, 6) is 0. The second-order valence-corrected chi connectivity index (χ2v) is 5.21. The fourth-order valence-corrected chi connectivity index (χ4v) is 2.71. The Bertz CT molecular complexity index is 343. The summed E-state index contributed by atoms with van der Waals surface area (Å²) in [7, 11) is 0. The van der Waals surface area contributed by atoms with E-state index in [2.05, 4.69) is 41.4 Å². The van der Waals surface area contributed by atoms with Gasteiger partial charge in [0.2, 0.25) is 0 Å². The van der Waals surface area contributed by atoms with Gasteiger partial charge in [0.15, 0.2) is 0 Å². The molecule has 1 aromatic rings. The van der Waals surface area contributed by atoms with Crippen molar-refractivity contribution < 1.29 is 0 Å². The summed E-state index contributed by atoms with van der Waals surface area (Å²) in [5, 5.41) is 3.41. The second kappa shape index (κ2) is 7.55. The lowest BCUT2D eigenvalue weighted by molar-refractivity contribution is 0.220. The molecule has 0 unspecified atom stereocenters. The number of nitrogens with zero attached hydrogens (tertiary/aromatic N) is 1. The van der Waals surface area contributed by atoms with E-state index < -0.39 is 0 Å². The monoisotopic (exact) mass is 246 g/mol. The number of piperidine rings is 1. The number of rotatable bonds is 6. The van der Waals surface area contributed by atoms with Gasteiger partial charge in [-0.3, -0.25) is 4.90 Å². The van der Waals surface area contributed by atoms with Gasteiger partial charge in [-0.25, -0.2) is 0 Å². The summed E-state index contributed by atoms with van der Waals surface area (Å²) in [4.78, 5) is 2.61. The van der Waals surface area contributed by atoms with Crippen LogP contribution in [0.5, 0.6) is 0 Å². The van der Waals surface area contributed by atoms with Crippen molar-refractivity contribution in [2.75, 3.05) is 26.2 Å². The van der Waals surface area contributed by atoms with Gasteiger partial charge in [0.1, 0.15) is 0 Å². The first-order valence-corrected chi connectivity index (χ1v) is 7.40. The standard InChI is InChI=1S/C16H26N2/c1-2-17-11-10-15-8-4-5-9-16(15)14-18-12-6-3-7-13-18/h4-5,8-9,17H,2-3,6-7,10-14H2,1H3. The van der Waals surface area contributed by atoms with E-state index in [9.17, 15) is 0 Å². The van der Waals surface area contributed by atoms with Crippen LogP contribution in [0.25, 0.3) is 0 Å². The average Bonchev–Trinajstić information content (AvgIpc) is 2.42. The van der Waals surface area contributed by atoms with Crippen LogP contribution in [-0.4, -0.2) is 31.1 Å². The molecule has 100 valence electrons. The van der Waals surface area contributed by atoms with Crippen LogP contribution in [-0.2, 0) is 13.0 Å². The molecule has 1 N–H and O–H groups in total. The van der Waals surface area contributed by atoms with E-state index in [-0.39, 0.29) is 0 Å². The second-order valence-electron chi connectivity index (χ2n) is 5.21. The minimum Gasteiger partial charge on any atom is -0.317 e. The van der Waals surface area contributed by atoms with Gasteiger partial charge >= 0.3 is 0 Å². The van der Waals surface area contributed by atoms with Crippen LogP contribution in [0.1, 0.15) is 37.3 Å². The van der Waals surface area contributed by atoms with E-state index >= 15 is 0 Å². The predicted octanol–water partition coefficient (Wildman–Crippen LogP) is 2.82. The fourth-order valence-electron chi connectivity index (χ4n) is 2.71. The summed E-state index contributed by atoms with van der Waals surface area (Å²) < 4.78 is 0. The van der Waals surface area contributed by atoms with Gasteiger partial charge in [0.25, 0.3) is 0 Å². The van der Waals surface area contributed by atoms with E-state index in [1.807, 2.05) is 0 Å². The summed E-state index contributed by atoms with van der Waals surface area (Å²) >= 11 is 0. The summed E-state index contributed by atoms with van der Waals surface area (Å²) in [6.45, 7) is 8.02. The average molecular weight is 246 g/mol. The topological polar surface area (TPSA) is 15.3 Å². The molecule has 0 aromatic heterocycles. The lowest BCUT2D eigenvalue weighted by atomic mass is 10.0. The molecule has 2 rings (SSSR count). The van der Waals surface area contributed by atoms with Crippen molar-refractivity contribution in [3.05, 3.63) is 35.4 Å². The number of nitrogens with one attached hydrogen (secondary N) is 1. The highest BCUT2D eigenvalue weighted by molar-refractivity contribution is 5.27. The molecule has 2 nitrogen and oxygen atoms in total. The number of hydrogen-bond acceptors (Lipinski definition) is 2. The number of hydrogen-bond donors (Lipinski definition) is 1. The first-order valence-electron chi connectivity index (χ1n) is 7.40. The first-order chi connectivity index (χ1) is 8.90. The zero-order chi connectivity index (χ0) is 12.6. The highest BCUT2D eigenvalue weighted by atomic mass is 15.1. The van der Waals surface area contributed by atoms with Crippen LogP contribution in [0.2, 0.25) is 0 Å². The summed E-state index contributed by atoms with van der Waals surface area (Å²) in [5.41, 5.74) is 3.04. The van der Waals surface area contributed by atoms with Crippen molar-refractivity contribution in [2.45, 2.75) is 39.2 Å². The van der Waals surface area contributed by atoms with Crippen LogP contribution in [0.4, 0.5) is 0 Å². The van der Waals surface area contributed by atoms with Crippen molar-refractivity contribution in [3.63, 3.8) is 0 Å². The third kappa shape index (κ3) is 4.11. The Hall–Kier alpha value is -0.860. The van der Waals surface area contributed by atoms with Gasteiger partial charge in [0, 0.05) is 6.54 Å². The number of likely N-dealkylation sites (tertiary alicyclic amines) is 1. The zero-order valence-corrected chi connectivity index (χ0v) is 11.6. The van der Waals surface area contributed by atoms with Crippen LogP contribution in [0.15, 0.2) is 24.3 Å². The van der Waals surface area contributed by atoms with Gasteiger partial charge in [-0.1, -0.05) is 37.6 Å². The number of likely N-dealkylation sites (N-methyl/N-ethyl adjacent to an activating group) is 1. The highest BCUT2D eigenvalue weighted by Gasteiger charge is 2.11. The van der Waals surface area contributed by atoms with E-state index in [0.29, 0.717) is 0 Å². The van der Waals surface area contributed by atoms with E-state index in [1.165, 1.54) is 43.5 Å². The molecule has 0 bridgehead atoms. The summed E-state index contributed by atoms with van der Waals surface area (Å²) in [6, 6.07) is 8.93. The molecule has 0 amide bonds. The highest BCUT2D eigenvalue weighted by Crippen LogP contribution is 2.16. The maximum absolute atomic E-state index is 3.41. The lowest BCUT2D eigenvalue weighted by Gasteiger charge is -2.27.